The number of anilines is 1. The molecule has 0 aliphatic rings. The molecule has 0 aliphatic carbocycles. The molecule has 1 aromatic heterocycles. The van der Waals surface area contributed by atoms with Crippen LogP contribution in [0.2, 0.25) is 5.02 Å². The predicted octanol–water partition coefficient (Wildman–Crippen LogP) is 5.19. The standard InChI is InChI=1S/C23H17ClFN3O3S/c1-32(30,31)17-6-7-18(19(13-17)14-3-2-4-15(25)11-14)23(29)27-16-5-8-21(24)20(12-16)22-9-10-26-28-22/h2-13H,1H3,(H,26,28)(H,27,29). The van der Waals surface area contributed by atoms with E-state index in [0.717, 1.165) is 6.26 Å². The average Bonchev–Trinajstić information content (AvgIpc) is 3.28. The van der Waals surface area contributed by atoms with Crippen molar-refractivity contribution in [3.63, 3.8) is 0 Å². The molecule has 9 heteroatoms. The lowest BCUT2D eigenvalue weighted by Crippen LogP contribution is -2.14. The Bertz CT molecular complexity index is 1420. The third-order valence-corrected chi connectivity index (χ3v) is 6.25. The normalized spacial score (nSPS) is 11.3. The van der Waals surface area contributed by atoms with Gasteiger partial charge in [0.1, 0.15) is 5.82 Å². The van der Waals surface area contributed by atoms with Crippen LogP contribution in [0.3, 0.4) is 0 Å². The smallest absolute Gasteiger partial charge is 0.256 e. The van der Waals surface area contributed by atoms with Crippen LogP contribution in [0, 0.1) is 5.82 Å². The average molecular weight is 470 g/mol. The molecule has 0 saturated carbocycles. The number of hydrogen-bond donors (Lipinski definition) is 2. The second-order valence-corrected chi connectivity index (χ2v) is 9.53. The van der Waals surface area contributed by atoms with Crippen molar-refractivity contribution in [2.75, 3.05) is 11.6 Å². The van der Waals surface area contributed by atoms with Gasteiger partial charge in [-0.2, -0.15) is 5.10 Å². The summed E-state index contributed by atoms with van der Waals surface area (Å²) in [5.41, 5.74) is 2.69. The van der Waals surface area contributed by atoms with Gasteiger partial charge in [0.25, 0.3) is 5.91 Å². The number of rotatable bonds is 5. The summed E-state index contributed by atoms with van der Waals surface area (Å²) < 4.78 is 37.9. The van der Waals surface area contributed by atoms with Crippen molar-refractivity contribution >= 4 is 33.0 Å². The molecule has 2 N–H and O–H groups in total. The quantitative estimate of drug-likeness (QED) is 0.420. The third-order valence-electron chi connectivity index (χ3n) is 4.81. The Morgan fingerprint density at radius 3 is 2.53 bits per heavy atom. The Kier molecular flexibility index (Phi) is 5.82. The van der Waals surface area contributed by atoms with Gasteiger partial charge < -0.3 is 5.32 Å². The summed E-state index contributed by atoms with van der Waals surface area (Å²) in [7, 11) is -3.53. The van der Waals surface area contributed by atoms with Gasteiger partial charge in [-0.25, -0.2) is 12.8 Å². The Hall–Kier alpha value is -3.49. The van der Waals surface area contributed by atoms with E-state index in [1.54, 1.807) is 36.5 Å². The van der Waals surface area contributed by atoms with Crippen LogP contribution >= 0.6 is 11.6 Å². The Morgan fingerprint density at radius 2 is 1.84 bits per heavy atom. The molecule has 3 aromatic carbocycles. The van der Waals surface area contributed by atoms with Crippen LogP contribution in [0.25, 0.3) is 22.4 Å². The highest BCUT2D eigenvalue weighted by atomic mass is 35.5. The number of amides is 1. The van der Waals surface area contributed by atoms with Crippen molar-refractivity contribution in [1.82, 2.24) is 10.2 Å². The van der Waals surface area contributed by atoms with Crippen LogP contribution in [-0.4, -0.2) is 30.8 Å². The number of benzene rings is 3. The van der Waals surface area contributed by atoms with Crippen LogP contribution in [0.4, 0.5) is 10.1 Å². The molecule has 1 amide bonds. The minimum atomic E-state index is -3.53. The summed E-state index contributed by atoms with van der Waals surface area (Å²) in [4.78, 5) is 13.2. The maximum Gasteiger partial charge on any atom is 0.256 e. The summed E-state index contributed by atoms with van der Waals surface area (Å²) in [5.74, 6) is -0.984. The number of nitrogens with zero attached hydrogens (tertiary/aromatic N) is 1. The monoisotopic (exact) mass is 469 g/mol. The van der Waals surface area contributed by atoms with E-state index >= 15 is 0 Å². The summed E-state index contributed by atoms with van der Waals surface area (Å²) in [6, 6.07) is 16.5. The highest BCUT2D eigenvalue weighted by Crippen LogP contribution is 2.31. The van der Waals surface area contributed by atoms with E-state index in [9.17, 15) is 17.6 Å². The lowest BCUT2D eigenvalue weighted by molar-refractivity contribution is 0.102. The van der Waals surface area contributed by atoms with E-state index in [0.29, 0.717) is 33.1 Å². The fourth-order valence-electron chi connectivity index (χ4n) is 3.26. The summed E-state index contributed by atoms with van der Waals surface area (Å²) in [6.45, 7) is 0. The van der Waals surface area contributed by atoms with Gasteiger partial charge in [0.05, 0.1) is 15.6 Å². The molecule has 0 spiro atoms. The maximum absolute atomic E-state index is 13.8. The van der Waals surface area contributed by atoms with E-state index in [4.69, 9.17) is 11.6 Å². The van der Waals surface area contributed by atoms with Gasteiger partial charge in [-0.3, -0.25) is 9.89 Å². The van der Waals surface area contributed by atoms with Gasteiger partial charge in [-0.1, -0.05) is 23.7 Å². The van der Waals surface area contributed by atoms with Crippen molar-refractivity contribution < 1.29 is 17.6 Å². The number of carbonyl (C=O) groups is 1. The first kappa shape index (κ1) is 21.7. The predicted molar refractivity (Wildman–Crippen MR) is 122 cm³/mol. The number of carbonyl (C=O) groups excluding carboxylic acids is 1. The van der Waals surface area contributed by atoms with Gasteiger partial charge in [-0.05, 0) is 65.7 Å². The molecule has 32 heavy (non-hydrogen) atoms. The van der Waals surface area contributed by atoms with E-state index in [1.165, 1.54) is 36.4 Å². The molecule has 0 saturated heterocycles. The van der Waals surface area contributed by atoms with E-state index < -0.39 is 21.6 Å². The second-order valence-electron chi connectivity index (χ2n) is 7.11. The van der Waals surface area contributed by atoms with Crippen LogP contribution in [0.1, 0.15) is 10.4 Å². The first-order chi connectivity index (χ1) is 15.2. The SMILES string of the molecule is CS(=O)(=O)c1ccc(C(=O)Nc2ccc(Cl)c(-c3ccn[nH]3)c2)c(-c2cccc(F)c2)c1. The highest BCUT2D eigenvalue weighted by molar-refractivity contribution is 7.90. The summed E-state index contributed by atoms with van der Waals surface area (Å²) in [6.07, 6.45) is 2.66. The molecule has 0 unspecified atom stereocenters. The lowest BCUT2D eigenvalue weighted by atomic mass is 9.99. The molecule has 0 radical (unpaired) electrons. The minimum Gasteiger partial charge on any atom is -0.322 e. The van der Waals surface area contributed by atoms with Crippen LogP contribution in [0.15, 0.2) is 77.8 Å². The van der Waals surface area contributed by atoms with Gasteiger partial charge in [0.15, 0.2) is 9.84 Å². The Balaban J connectivity index is 1.75. The van der Waals surface area contributed by atoms with Crippen molar-refractivity contribution in [3.8, 4) is 22.4 Å². The number of aromatic nitrogens is 2. The molecule has 162 valence electrons. The van der Waals surface area contributed by atoms with E-state index in [-0.39, 0.29) is 10.5 Å². The molecule has 0 aliphatic heterocycles. The highest BCUT2D eigenvalue weighted by Gasteiger charge is 2.18. The third kappa shape index (κ3) is 4.56. The first-order valence-corrected chi connectivity index (χ1v) is 11.7. The van der Waals surface area contributed by atoms with Gasteiger partial charge in [0, 0.05) is 29.3 Å². The van der Waals surface area contributed by atoms with E-state index in [2.05, 4.69) is 15.5 Å². The van der Waals surface area contributed by atoms with Crippen molar-refractivity contribution in [1.29, 1.82) is 0 Å². The topological polar surface area (TPSA) is 91.9 Å². The number of aromatic amines is 1. The molecule has 0 atom stereocenters. The molecule has 1 heterocycles. The number of sulfone groups is 1. The van der Waals surface area contributed by atoms with Gasteiger partial charge in [0.2, 0.25) is 0 Å². The van der Waals surface area contributed by atoms with Crippen LogP contribution in [-0.2, 0) is 9.84 Å². The van der Waals surface area contributed by atoms with Crippen LogP contribution in [0.5, 0.6) is 0 Å². The molecule has 4 aromatic rings. The number of nitrogens with one attached hydrogen (secondary N) is 2. The Morgan fingerprint density at radius 1 is 1.03 bits per heavy atom. The molecule has 6 nitrogen and oxygen atoms in total. The van der Waals surface area contributed by atoms with Crippen molar-refractivity contribution in [2.24, 2.45) is 0 Å². The zero-order valence-corrected chi connectivity index (χ0v) is 18.3. The zero-order valence-electron chi connectivity index (χ0n) is 16.8. The molecule has 4 rings (SSSR count). The number of H-pyrrole nitrogens is 1. The molecule has 0 fully saturated rings. The number of hydrogen-bond acceptors (Lipinski definition) is 4. The van der Waals surface area contributed by atoms with Gasteiger partial charge in [-0.15, -0.1) is 0 Å². The van der Waals surface area contributed by atoms with Crippen molar-refractivity contribution in [3.05, 3.63) is 89.3 Å². The minimum absolute atomic E-state index is 0.0290. The summed E-state index contributed by atoms with van der Waals surface area (Å²) >= 11 is 6.27. The van der Waals surface area contributed by atoms with Gasteiger partial charge >= 0.3 is 0 Å². The largest absolute Gasteiger partial charge is 0.322 e. The Labute approximate surface area is 189 Å². The fraction of sp³-hybridized carbons (Fsp3) is 0.0435. The maximum atomic E-state index is 13.8. The molecular weight excluding hydrogens is 453 g/mol. The zero-order chi connectivity index (χ0) is 22.9. The van der Waals surface area contributed by atoms with E-state index in [1.807, 2.05) is 0 Å². The number of halogens is 2. The lowest BCUT2D eigenvalue weighted by Gasteiger charge is -2.13. The molecular formula is C23H17ClFN3O3S. The summed E-state index contributed by atoms with van der Waals surface area (Å²) in [5, 5.41) is 10.0. The van der Waals surface area contributed by atoms with Crippen LogP contribution < -0.4 is 5.32 Å². The molecule has 0 bridgehead atoms. The first-order valence-electron chi connectivity index (χ1n) is 9.43. The fourth-order valence-corrected chi connectivity index (χ4v) is 4.13. The second kappa shape index (κ2) is 8.57. The van der Waals surface area contributed by atoms with Crippen molar-refractivity contribution in [2.45, 2.75) is 4.90 Å².